The van der Waals surface area contributed by atoms with Crippen molar-refractivity contribution < 1.29 is 9.90 Å². The molecule has 0 spiro atoms. The molecule has 0 aliphatic carbocycles. The number of carboxylic acid groups (broad SMARTS) is 1. The molecule has 0 aliphatic heterocycles. The van der Waals surface area contributed by atoms with Gasteiger partial charge < -0.3 is 5.11 Å². The van der Waals surface area contributed by atoms with Gasteiger partial charge >= 0.3 is 5.97 Å². The van der Waals surface area contributed by atoms with Crippen molar-refractivity contribution in [3.63, 3.8) is 0 Å². The molecular weight excluding hydrogens is 216 g/mol. The van der Waals surface area contributed by atoms with Crippen LogP contribution in [0.4, 0.5) is 0 Å². The number of carbonyl (C=O) groups is 1. The van der Waals surface area contributed by atoms with Gasteiger partial charge in [-0.05, 0) is 24.3 Å². The third-order valence-electron chi connectivity index (χ3n) is 2.60. The summed E-state index contributed by atoms with van der Waals surface area (Å²) in [7, 11) is 0. The molecule has 4 nitrogen and oxygen atoms in total. The van der Waals surface area contributed by atoms with Gasteiger partial charge in [-0.3, -0.25) is 9.97 Å². The Morgan fingerprint density at radius 3 is 2.59 bits per heavy atom. The van der Waals surface area contributed by atoms with Crippen LogP contribution in [0.25, 0.3) is 0 Å². The first kappa shape index (κ1) is 11.3. The second-order valence-electron chi connectivity index (χ2n) is 3.75. The highest BCUT2D eigenvalue weighted by molar-refractivity contribution is 5.87. The molecule has 0 bridgehead atoms. The minimum atomic E-state index is -0.943. The lowest BCUT2D eigenvalue weighted by Crippen LogP contribution is -2.04. The fourth-order valence-electron chi connectivity index (χ4n) is 1.60. The Kier molecular flexibility index (Phi) is 3.14. The van der Waals surface area contributed by atoms with Gasteiger partial charge in [0, 0.05) is 29.7 Å². The zero-order valence-corrected chi connectivity index (χ0v) is 9.37. The maximum Gasteiger partial charge on any atom is 0.335 e. The average Bonchev–Trinajstić information content (AvgIpc) is 2.39. The maximum atomic E-state index is 10.9. The monoisotopic (exact) mass is 228 g/mol. The van der Waals surface area contributed by atoms with Crippen molar-refractivity contribution in [3.8, 4) is 0 Å². The first-order valence-corrected chi connectivity index (χ1v) is 5.28. The highest BCUT2D eigenvalue weighted by Crippen LogP contribution is 2.20. The van der Waals surface area contributed by atoms with E-state index in [1.54, 1.807) is 12.3 Å². The highest BCUT2D eigenvalue weighted by Gasteiger charge is 2.12. The fourth-order valence-corrected chi connectivity index (χ4v) is 1.60. The van der Waals surface area contributed by atoms with Gasteiger partial charge in [0.15, 0.2) is 0 Å². The van der Waals surface area contributed by atoms with Crippen LogP contribution in [0.3, 0.4) is 0 Å². The standard InChI is InChI=1S/C13H12N2O2/c1-9(11-4-2-3-6-14-11)12-8-10(13(16)17)5-7-15-12/h2-9H,1H3,(H,16,17). The van der Waals surface area contributed by atoms with Crippen LogP contribution in [0.2, 0.25) is 0 Å². The molecule has 1 atom stereocenters. The van der Waals surface area contributed by atoms with Crippen molar-refractivity contribution in [2.45, 2.75) is 12.8 Å². The van der Waals surface area contributed by atoms with Crippen molar-refractivity contribution in [1.29, 1.82) is 0 Å². The largest absolute Gasteiger partial charge is 0.478 e. The van der Waals surface area contributed by atoms with E-state index in [2.05, 4.69) is 9.97 Å². The predicted octanol–water partition coefficient (Wildman–Crippen LogP) is 2.33. The molecule has 0 aliphatic rings. The Morgan fingerprint density at radius 2 is 1.94 bits per heavy atom. The topological polar surface area (TPSA) is 63.1 Å². The van der Waals surface area contributed by atoms with E-state index in [1.807, 2.05) is 25.1 Å². The Morgan fingerprint density at radius 1 is 1.18 bits per heavy atom. The Hall–Kier alpha value is -2.23. The normalized spacial score (nSPS) is 12.1. The molecule has 4 heteroatoms. The summed E-state index contributed by atoms with van der Waals surface area (Å²) >= 11 is 0. The highest BCUT2D eigenvalue weighted by atomic mass is 16.4. The van der Waals surface area contributed by atoms with Crippen LogP contribution in [0.15, 0.2) is 42.7 Å². The van der Waals surface area contributed by atoms with Gasteiger partial charge in [-0.2, -0.15) is 0 Å². The van der Waals surface area contributed by atoms with Gasteiger partial charge in [0.05, 0.1) is 5.56 Å². The Labute approximate surface area is 99.0 Å². The van der Waals surface area contributed by atoms with Crippen molar-refractivity contribution in [3.05, 3.63) is 59.7 Å². The van der Waals surface area contributed by atoms with Crippen LogP contribution in [-0.2, 0) is 0 Å². The van der Waals surface area contributed by atoms with Crippen LogP contribution < -0.4 is 0 Å². The van der Waals surface area contributed by atoms with E-state index in [1.165, 1.54) is 12.3 Å². The molecule has 2 aromatic heterocycles. The van der Waals surface area contributed by atoms with E-state index < -0.39 is 5.97 Å². The molecule has 1 N–H and O–H groups in total. The molecule has 0 amide bonds. The fraction of sp³-hybridized carbons (Fsp3) is 0.154. The summed E-state index contributed by atoms with van der Waals surface area (Å²) in [5.74, 6) is -0.961. The second kappa shape index (κ2) is 4.74. The van der Waals surface area contributed by atoms with Gasteiger partial charge in [0.1, 0.15) is 0 Å². The van der Waals surface area contributed by atoms with Gasteiger partial charge in [0.2, 0.25) is 0 Å². The van der Waals surface area contributed by atoms with E-state index in [4.69, 9.17) is 5.11 Å². The summed E-state index contributed by atoms with van der Waals surface area (Å²) in [5, 5.41) is 8.92. The second-order valence-corrected chi connectivity index (χ2v) is 3.75. The number of nitrogens with zero attached hydrogens (tertiary/aromatic N) is 2. The molecule has 2 rings (SSSR count). The van der Waals surface area contributed by atoms with Gasteiger partial charge in [-0.1, -0.05) is 13.0 Å². The molecule has 86 valence electrons. The minimum absolute atomic E-state index is 0.0181. The molecule has 1 unspecified atom stereocenters. The zero-order valence-electron chi connectivity index (χ0n) is 9.37. The van der Waals surface area contributed by atoms with Crippen LogP contribution >= 0.6 is 0 Å². The SMILES string of the molecule is CC(c1ccccn1)c1cc(C(=O)O)ccn1. The molecule has 0 radical (unpaired) electrons. The van der Waals surface area contributed by atoms with Crippen LogP contribution in [0, 0.1) is 0 Å². The third-order valence-corrected chi connectivity index (χ3v) is 2.60. The number of rotatable bonds is 3. The first-order chi connectivity index (χ1) is 8.18. The Balaban J connectivity index is 2.34. The molecule has 2 aromatic rings. The molecular formula is C13H12N2O2. The van der Waals surface area contributed by atoms with Crippen molar-refractivity contribution in [1.82, 2.24) is 9.97 Å². The molecule has 0 fully saturated rings. The summed E-state index contributed by atoms with van der Waals surface area (Å²) < 4.78 is 0. The van der Waals surface area contributed by atoms with Crippen LogP contribution in [0.1, 0.15) is 34.6 Å². The summed E-state index contributed by atoms with van der Waals surface area (Å²) in [6, 6.07) is 8.72. The lowest BCUT2D eigenvalue weighted by atomic mass is 10.0. The average molecular weight is 228 g/mol. The predicted molar refractivity (Wildman–Crippen MR) is 63.0 cm³/mol. The zero-order chi connectivity index (χ0) is 12.3. The van der Waals surface area contributed by atoms with Gasteiger partial charge in [-0.25, -0.2) is 4.79 Å². The molecule has 17 heavy (non-hydrogen) atoms. The number of hydrogen-bond acceptors (Lipinski definition) is 3. The van der Waals surface area contributed by atoms with Gasteiger partial charge in [0.25, 0.3) is 0 Å². The van der Waals surface area contributed by atoms with Crippen molar-refractivity contribution in [2.75, 3.05) is 0 Å². The summed E-state index contributed by atoms with van der Waals surface area (Å²) in [6.45, 7) is 1.95. The number of aromatic nitrogens is 2. The van der Waals surface area contributed by atoms with E-state index >= 15 is 0 Å². The third kappa shape index (κ3) is 2.47. The molecule has 0 aromatic carbocycles. The summed E-state index contributed by atoms with van der Waals surface area (Å²) in [6.07, 6.45) is 3.23. The lowest BCUT2D eigenvalue weighted by Gasteiger charge is -2.10. The van der Waals surface area contributed by atoms with Crippen LogP contribution in [-0.4, -0.2) is 21.0 Å². The number of pyridine rings is 2. The van der Waals surface area contributed by atoms with Crippen LogP contribution in [0.5, 0.6) is 0 Å². The molecule has 2 heterocycles. The first-order valence-electron chi connectivity index (χ1n) is 5.28. The van der Waals surface area contributed by atoms with E-state index in [0.29, 0.717) is 5.69 Å². The van der Waals surface area contributed by atoms with Crippen molar-refractivity contribution >= 4 is 5.97 Å². The maximum absolute atomic E-state index is 10.9. The molecule has 0 saturated heterocycles. The number of carboxylic acids is 1. The quantitative estimate of drug-likeness (QED) is 0.875. The number of aromatic carboxylic acids is 1. The smallest absolute Gasteiger partial charge is 0.335 e. The van der Waals surface area contributed by atoms with E-state index in [0.717, 1.165) is 5.69 Å². The van der Waals surface area contributed by atoms with E-state index in [9.17, 15) is 4.79 Å². The van der Waals surface area contributed by atoms with Gasteiger partial charge in [-0.15, -0.1) is 0 Å². The summed E-state index contributed by atoms with van der Waals surface area (Å²) in [5.41, 5.74) is 1.84. The molecule has 0 saturated carbocycles. The Bertz CT molecular complexity index is 526. The van der Waals surface area contributed by atoms with E-state index in [-0.39, 0.29) is 11.5 Å². The minimum Gasteiger partial charge on any atom is -0.478 e. The number of hydrogen-bond donors (Lipinski definition) is 1. The van der Waals surface area contributed by atoms with Crippen molar-refractivity contribution in [2.24, 2.45) is 0 Å². The summed E-state index contributed by atoms with van der Waals surface area (Å²) in [4.78, 5) is 19.3. The lowest BCUT2D eigenvalue weighted by molar-refractivity contribution is 0.0696.